The lowest BCUT2D eigenvalue weighted by atomic mass is 10.2. The average Bonchev–Trinajstić information content (AvgIpc) is 2.38. The van der Waals surface area contributed by atoms with Crippen LogP contribution < -0.4 is 15.2 Å². The zero-order valence-electron chi connectivity index (χ0n) is 12.5. The number of nitrogens with two attached hydrogens (primary N) is 1. The number of anilines is 2. The van der Waals surface area contributed by atoms with E-state index >= 15 is 0 Å². The van der Waals surface area contributed by atoms with Crippen LogP contribution in [0.4, 0.5) is 11.4 Å². The summed E-state index contributed by atoms with van der Waals surface area (Å²) < 4.78 is 29.7. The molecule has 0 saturated heterocycles. The molecule has 0 aliphatic rings. The average molecular weight is 355 g/mol. The minimum atomic E-state index is -4.07. The SMILES string of the molecule is CC(=O)Nc1ccc(S(=O)(=O)Oc2cc(C)cc(Cl)c2)cc1N. The van der Waals surface area contributed by atoms with Crippen molar-refractivity contribution in [2.45, 2.75) is 18.7 Å². The van der Waals surface area contributed by atoms with Crippen LogP contribution in [0.3, 0.4) is 0 Å². The number of nitrogen functional groups attached to an aromatic ring is 1. The molecule has 0 radical (unpaired) electrons. The summed E-state index contributed by atoms with van der Waals surface area (Å²) >= 11 is 5.88. The van der Waals surface area contributed by atoms with Crippen molar-refractivity contribution in [1.82, 2.24) is 0 Å². The zero-order chi connectivity index (χ0) is 17.2. The van der Waals surface area contributed by atoms with Crippen LogP contribution in [-0.4, -0.2) is 14.3 Å². The van der Waals surface area contributed by atoms with Gasteiger partial charge in [0, 0.05) is 18.0 Å². The fraction of sp³-hybridized carbons (Fsp3) is 0.133. The Morgan fingerprint density at radius 3 is 2.48 bits per heavy atom. The predicted octanol–water partition coefficient (Wildman–Crippen LogP) is 2.96. The number of carbonyl (C=O) groups is 1. The quantitative estimate of drug-likeness (QED) is 0.649. The van der Waals surface area contributed by atoms with Gasteiger partial charge in [-0.2, -0.15) is 8.42 Å². The number of rotatable bonds is 4. The number of aryl methyl sites for hydroxylation is 1. The molecule has 0 atom stereocenters. The van der Waals surface area contributed by atoms with E-state index in [1.54, 1.807) is 19.1 Å². The minimum Gasteiger partial charge on any atom is -0.397 e. The molecule has 0 fully saturated rings. The van der Waals surface area contributed by atoms with Crippen molar-refractivity contribution in [3.63, 3.8) is 0 Å². The predicted molar refractivity (Wildman–Crippen MR) is 89.2 cm³/mol. The molecule has 0 aromatic heterocycles. The first kappa shape index (κ1) is 17.1. The molecule has 2 aromatic carbocycles. The Kier molecular flexibility index (Phi) is 4.82. The minimum absolute atomic E-state index is 0.111. The number of carbonyl (C=O) groups excluding carboxylic acids is 1. The van der Waals surface area contributed by atoms with Crippen molar-refractivity contribution in [3.05, 3.63) is 47.0 Å². The van der Waals surface area contributed by atoms with Crippen LogP contribution in [0.1, 0.15) is 12.5 Å². The first-order valence-electron chi connectivity index (χ1n) is 6.56. The third-order valence-corrected chi connectivity index (χ3v) is 4.31. The summed E-state index contributed by atoms with van der Waals surface area (Å²) in [6.07, 6.45) is 0. The van der Waals surface area contributed by atoms with Crippen molar-refractivity contribution >= 4 is 39.0 Å². The molecule has 122 valence electrons. The standard InChI is InChI=1S/C15H15ClN2O4S/c1-9-5-11(16)7-12(6-9)22-23(20,21)13-3-4-15(14(17)8-13)18-10(2)19/h3-8H,17H2,1-2H3,(H,18,19). The summed E-state index contributed by atoms with van der Waals surface area (Å²) in [5.41, 5.74) is 6.97. The van der Waals surface area contributed by atoms with Gasteiger partial charge in [-0.05, 0) is 42.8 Å². The van der Waals surface area contributed by atoms with Gasteiger partial charge in [0.15, 0.2) is 0 Å². The molecule has 6 nitrogen and oxygen atoms in total. The van der Waals surface area contributed by atoms with Crippen molar-refractivity contribution in [2.24, 2.45) is 0 Å². The van der Waals surface area contributed by atoms with Gasteiger partial charge in [-0.25, -0.2) is 0 Å². The van der Waals surface area contributed by atoms with E-state index in [1.807, 2.05) is 0 Å². The van der Waals surface area contributed by atoms with Crippen LogP contribution in [-0.2, 0) is 14.9 Å². The van der Waals surface area contributed by atoms with Crippen LogP contribution in [0.5, 0.6) is 5.75 Å². The van der Waals surface area contributed by atoms with Gasteiger partial charge in [0.05, 0.1) is 11.4 Å². The molecule has 0 spiro atoms. The first-order chi connectivity index (χ1) is 10.7. The van der Waals surface area contributed by atoms with Crippen molar-refractivity contribution < 1.29 is 17.4 Å². The summed E-state index contributed by atoms with van der Waals surface area (Å²) in [5, 5.41) is 2.87. The highest BCUT2D eigenvalue weighted by Gasteiger charge is 2.18. The smallest absolute Gasteiger partial charge is 0.339 e. The number of hydrogen-bond donors (Lipinski definition) is 2. The second-order valence-electron chi connectivity index (χ2n) is 4.93. The molecular weight excluding hydrogens is 340 g/mol. The molecule has 0 bridgehead atoms. The maximum atomic E-state index is 12.3. The monoisotopic (exact) mass is 354 g/mol. The van der Waals surface area contributed by atoms with E-state index in [0.29, 0.717) is 10.7 Å². The van der Waals surface area contributed by atoms with Crippen molar-refractivity contribution in [3.8, 4) is 5.75 Å². The summed E-state index contributed by atoms with van der Waals surface area (Å²) in [6, 6.07) is 8.56. The van der Waals surface area contributed by atoms with E-state index in [0.717, 1.165) is 5.56 Å². The molecule has 3 N–H and O–H groups in total. The summed E-state index contributed by atoms with van der Waals surface area (Å²) in [6.45, 7) is 3.10. The van der Waals surface area contributed by atoms with Crippen molar-refractivity contribution in [2.75, 3.05) is 11.1 Å². The molecule has 0 unspecified atom stereocenters. The second-order valence-corrected chi connectivity index (χ2v) is 6.91. The molecule has 2 rings (SSSR count). The normalized spacial score (nSPS) is 11.1. The Labute approximate surface area is 139 Å². The van der Waals surface area contributed by atoms with E-state index in [1.165, 1.54) is 31.2 Å². The number of amides is 1. The number of halogens is 1. The molecule has 1 amide bonds. The van der Waals surface area contributed by atoms with E-state index in [9.17, 15) is 13.2 Å². The Morgan fingerprint density at radius 2 is 1.91 bits per heavy atom. The van der Waals surface area contributed by atoms with Crippen LogP contribution >= 0.6 is 11.6 Å². The van der Waals surface area contributed by atoms with Crippen LogP contribution in [0.2, 0.25) is 5.02 Å². The van der Waals surface area contributed by atoms with Crippen LogP contribution in [0.15, 0.2) is 41.3 Å². The van der Waals surface area contributed by atoms with Gasteiger partial charge >= 0.3 is 10.1 Å². The Hall–Kier alpha value is -2.25. The number of benzene rings is 2. The number of hydrogen-bond acceptors (Lipinski definition) is 5. The van der Waals surface area contributed by atoms with Crippen LogP contribution in [0, 0.1) is 6.92 Å². The van der Waals surface area contributed by atoms with Gasteiger partial charge < -0.3 is 15.2 Å². The van der Waals surface area contributed by atoms with Crippen LogP contribution in [0.25, 0.3) is 0 Å². The van der Waals surface area contributed by atoms with Crippen molar-refractivity contribution in [1.29, 1.82) is 0 Å². The third-order valence-electron chi connectivity index (χ3n) is 2.84. The van der Waals surface area contributed by atoms with E-state index < -0.39 is 10.1 Å². The maximum absolute atomic E-state index is 12.3. The Balaban J connectivity index is 2.32. The lowest BCUT2D eigenvalue weighted by Gasteiger charge is -2.11. The third kappa shape index (κ3) is 4.37. The highest BCUT2D eigenvalue weighted by atomic mass is 35.5. The summed E-state index contributed by atoms with van der Waals surface area (Å²) in [5.74, 6) is -0.197. The largest absolute Gasteiger partial charge is 0.397 e. The number of nitrogens with one attached hydrogen (secondary N) is 1. The summed E-state index contributed by atoms with van der Waals surface area (Å²) in [4.78, 5) is 10.9. The summed E-state index contributed by atoms with van der Waals surface area (Å²) in [7, 11) is -4.07. The second kappa shape index (κ2) is 6.47. The Bertz CT molecular complexity index is 846. The fourth-order valence-electron chi connectivity index (χ4n) is 1.93. The molecule has 0 heterocycles. The molecule has 0 saturated carbocycles. The zero-order valence-corrected chi connectivity index (χ0v) is 14.0. The lowest BCUT2D eigenvalue weighted by molar-refractivity contribution is -0.114. The molecule has 2 aromatic rings. The first-order valence-corrected chi connectivity index (χ1v) is 8.35. The molecular formula is C15H15ClN2O4S. The van der Waals surface area contributed by atoms with Gasteiger partial charge in [0.1, 0.15) is 10.6 Å². The lowest BCUT2D eigenvalue weighted by Crippen LogP contribution is -2.12. The maximum Gasteiger partial charge on any atom is 0.339 e. The topological polar surface area (TPSA) is 98.5 Å². The van der Waals surface area contributed by atoms with E-state index in [4.69, 9.17) is 21.5 Å². The van der Waals surface area contributed by atoms with Gasteiger partial charge in [-0.1, -0.05) is 11.6 Å². The van der Waals surface area contributed by atoms with Gasteiger partial charge in [0.25, 0.3) is 0 Å². The molecule has 0 aliphatic carbocycles. The fourth-order valence-corrected chi connectivity index (χ4v) is 3.16. The van der Waals surface area contributed by atoms with Gasteiger partial charge in [-0.15, -0.1) is 0 Å². The van der Waals surface area contributed by atoms with Gasteiger partial charge in [0.2, 0.25) is 5.91 Å². The molecule has 23 heavy (non-hydrogen) atoms. The molecule has 8 heteroatoms. The Morgan fingerprint density at radius 1 is 1.22 bits per heavy atom. The molecule has 0 aliphatic heterocycles. The highest BCUT2D eigenvalue weighted by molar-refractivity contribution is 7.87. The highest BCUT2D eigenvalue weighted by Crippen LogP contribution is 2.27. The van der Waals surface area contributed by atoms with E-state index in [2.05, 4.69) is 5.32 Å². The van der Waals surface area contributed by atoms with Gasteiger partial charge in [-0.3, -0.25) is 4.79 Å². The van der Waals surface area contributed by atoms with E-state index in [-0.39, 0.29) is 22.2 Å².